The standard InChI is InChI=1S/C30H30Cl2N2O5/c1-2-16-36-25-5-3-4-21(17-25)18-28(35)34-14-12-33(13-15-34)23-7-9-24(10-8-23)38-29-20-37-30(39-29)26-11-6-22(31)19-27(26)32/h2-11,17,19,29-30H,1,12-16,18,20H2. The molecule has 0 saturated carbocycles. The third kappa shape index (κ3) is 7.05. The average molecular weight is 569 g/mol. The number of anilines is 1. The zero-order valence-corrected chi connectivity index (χ0v) is 22.9. The van der Waals surface area contributed by atoms with Gasteiger partial charge in [-0.1, -0.05) is 54.1 Å². The Morgan fingerprint density at radius 3 is 2.54 bits per heavy atom. The van der Waals surface area contributed by atoms with Gasteiger partial charge in [0.25, 0.3) is 0 Å². The molecule has 204 valence electrons. The monoisotopic (exact) mass is 568 g/mol. The van der Waals surface area contributed by atoms with E-state index in [9.17, 15) is 4.79 Å². The van der Waals surface area contributed by atoms with Crippen LogP contribution in [0.4, 0.5) is 5.69 Å². The van der Waals surface area contributed by atoms with Crippen molar-refractivity contribution in [3.8, 4) is 11.5 Å². The first-order valence-corrected chi connectivity index (χ1v) is 13.6. The molecular weight excluding hydrogens is 539 g/mol. The minimum Gasteiger partial charge on any atom is -0.490 e. The molecule has 9 heteroatoms. The van der Waals surface area contributed by atoms with Crippen LogP contribution in [0.25, 0.3) is 0 Å². The Morgan fingerprint density at radius 2 is 1.79 bits per heavy atom. The summed E-state index contributed by atoms with van der Waals surface area (Å²) in [6.45, 7) is 7.26. The summed E-state index contributed by atoms with van der Waals surface area (Å²) in [6, 6.07) is 20.7. The topological polar surface area (TPSA) is 60.5 Å². The van der Waals surface area contributed by atoms with E-state index in [4.69, 9.17) is 42.1 Å². The molecule has 2 aliphatic rings. The molecule has 0 N–H and O–H groups in total. The highest BCUT2D eigenvalue weighted by molar-refractivity contribution is 6.35. The van der Waals surface area contributed by atoms with Gasteiger partial charge in [0.15, 0.2) is 6.29 Å². The lowest BCUT2D eigenvalue weighted by molar-refractivity contribution is -0.130. The zero-order chi connectivity index (χ0) is 27.2. The van der Waals surface area contributed by atoms with Crippen molar-refractivity contribution in [2.24, 2.45) is 0 Å². The second-order valence-electron chi connectivity index (χ2n) is 9.30. The van der Waals surface area contributed by atoms with Gasteiger partial charge in [-0.25, -0.2) is 0 Å². The summed E-state index contributed by atoms with van der Waals surface area (Å²) in [7, 11) is 0. The Balaban J connectivity index is 1.09. The third-order valence-corrected chi connectivity index (χ3v) is 7.16. The predicted molar refractivity (Wildman–Crippen MR) is 152 cm³/mol. The first-order chi connectivity index (χ1) is 19.0. The molecule has 2 saturated heterocycles. The number of benzene rings is 3. The van der Waals surface area contributed by atoms with E-state index in [1.165, 1.54) is 0 Å². The number of piperazine rings is 1. The molecule has 3 aromatic rings. The van der Waals surface area contributed by atoms with Gasteiger partial charge in [-0.05, 0) is 54.1 Å². The van der Waals surface area contributed by atoms with Gasteiger partial charge in [-0.2, -0.15) is 0 Å². The molecule has 0 spiro atoms. The molecule has 5 rings (SSSR count). The molecule has 2 unspecified atom stereocenters. The molecule has 2 aliphatic heterocycles. The van der Waals surface area contributed by atoms with Gasteiger partial charge < -0.3 is 28.7 Å². The van der Waals surface area contributed by atoms with Crippen LogP contribution in [0, 0.1) is 0 Å². The van der Waals surface area contributed by atoms with Crippen LogP contribution in [0.1, 0.15) is 17.4 Å². The Kier molecular flexibility index (Phi) is 8.94. The van der Waals surface area contributed by atoms with E-state index in [0.29, 0.717) is 47.5 Å². The van der Waals surface area contributed by atoms with Crippen molar-refractivity contribution in [2.75, 3.05) is 44.3 Å². The maximum Gasteiger partial charge on any atom is 0.227 e. The second kappa shape index (κ2) is 12.7. The van der Waals surface area contributed by atoms with Gasteiger partial charge in [0.05, 0.1) is 11.4 Å². The smallest absolute Gasteiger partial charge is 0.227 e. The molecule has 39 heavy (non-hydrogen) atoms. The highest BCUT2D eigenvalue weighted by atomic mass is 35.5. The van der Waals surface area contributed by atoms with Gasteiger partial charge in [-0.3, -0.25) is 4.79 Å². The molecule has 3 aromatic carbocycles. The molecule has 7 nitrogen and oxygen atoms in total. The number of carbonyl (C=O) groups excluding carboxylic acids is 1. The van der Waals surface area contributed by atoms with Crippen LogP contribution in [0.15, 0.2) is 79.4 Å². The number of hydrogen-bond donors (Lipinski definition) is 0. The fourth-order valence-corrected chi connectivity index (χ4v) is 5.09. The van der Waals surface area contributed by atoms with Crippen molar-refractivity contribution in [3.63, 3.8) is 0 Å². The van der Waals surface area contributed by atoms with Crippen molar-refractivity contribution in [2.45, 2.75) is 19.0 Å². The van der Waals surface area contributed by atoms with Gasteiger partial charge in [0.1, 0.15) is 24.7 Å². The summed E-state index contributed by atoms with van der Waals surface area (Å²) < 4.78 is 23.2. The number of rotatable bonds is 9. The Bertz CT molecular complexity index is 1290. The van der Waals surface area contributed by atoms with Gasteiger partial charge >= 0.3 is 0 Å². The minimum atomic E-state index is -0.604. The Hall–Kier alpha value is -3.23. The van der Waals surface area contributed by atoms with Crippen LogP contribution in [-0.4, -0.2) is 56.5 Å². The van der Waals surface area contributed by atoms with E-state index in [2.05, 4.69) is 11.5 Å². The van der Waals surface area contributed by atoms with Crippen LogP contribution in [0.5, 0.6) is 11.5 Å². The number of amides is 1. The van der Waals surface area contributed by atoms with Crippen LogP contribution >= 0.6 is 23.2 Å². The molecule has 0 aromatic heterocycles. The van der Waals surface area contributed by atoms with Gasteiger partial charge in [0.2, 0.25) is 12.2 Å². The number of ether oxygens (including phenoxy) is 4. The SMILES string of the molecule is C=CCOc1cccc(CC(=O)N2CCN(c3ccc(OC4COC(c5ccc(Cl)cc5Cl)O4)cc3)CC2)c1. The average Bonchev–Trinajstić information content (AvgIpc) is 3.40. The summed E-state index contributed by atoms with van der Waals surface area (Å²) in [5.74, 6) is 1.55. The Labute approximate surface area is 238 Å². The fourth-order valence-electron chi connectivity index (χ4n) is 4.59. The molecule has 0 radical (unpaired) electrons. The molecular formula is C30H30Cl2N2O5. The quantitative estimate of drug-likeness (QED) is 0.299. The molecule has 1 amide bonds. The lowest BCUT2D eigenvalue weighted by atomic mass is 10.1. The van der Waals surface area contributed by atoms with E-state index in [-0.39, 0.29) is 12.5 Å². The molecule has 2 heterocycles. The van der Waals surface area contributed by atoms with Crippen LogP contribution in [-0.2, 0) is 20.7 Å². The lowest BCUT2D eigenvalue weighted by Gasteiger charge is -2.36. The first kappa shape index (κ1) is 27.3. The highest BCUT2D eigenvalue weighted by Crippen LogP contribution is 2.34. The number of hydrogen-bond acceptors (Lipinski definition) is 6. The van der Waals surface area contributed by atoms with Crippen molar-refractivity contribution >= 4 is 34.8 Å². The fraction of sp³-hybridized carbons (Fsp3) is 0.300. The lowest BCUT2D eigenvalue weighted by Crippen LogP contribution is -2.49. The normalized spacial score (nSPS) is 19.1. The minimum absolute atomic E-state index is 0.122. The Morgan fingerprint density at radius 1 is 1.00 bits per heavy atom. The number of carbonyl (C=O) groups is 1. The second-order valence-corrected chi connectivity index (χ2v) is 10.1. The van der Waals surface area contributed by atoms with Crippen molar-refractivity contribution in [1.29, 1.82) is 0 Å². The predicted octanol–water partition coefficient (Wildman–Crippen LogP) is 5.90. The van der Waals surface area contributed by atoms with Crippen LogP contribution in [0.3, 0.4) is 0 Å². The summed E-state index contributed by atoms with van der Waals surface area (Å²) in [5, 5.41) is 1.04. The van der Waals surface area contributed by atoms with E-state index < -0.39 is 12.6 Å². The summed E-state index contributed by atoms with van der Waals surface area (Å²) in [5.41, 5.74) is 2.74. The molecule has 2 fully saturated rings. The molecule has 2 atom stereocenters. The third-order valence-electron chi connectivity index (χ3n) is 6.60. The largest absolute Gasteiger partial charge is 0.490 e. The molecule has 0 aliphatic carbocycles. The van der Waals surface area contributed by atoms with Gasteiger partial charge in [-0.15, -0.1) is 0 Å². The van der Waals surface area contributed by atoms with E-state index >= 15 is 0 Å². The first-order valence-electron chi connectivity index (χ1n) is 12.8. The summed E-state index contributed by atoms with van der Waals surface area (Å²) >= 11 is 12.3. The van der Waals surface area contributed by atoms with E-state index in [0.717, 1.165) is 30.1 Å². The van der Waals surface area contributed by atoms with E-state index in [1.54, 1.807) is 24.3 Å². The van der Waals surface area contributed by atoms with Crippen molar-refractivity contribution in [1.82, 2.24) is 4.90 Å². The van der Waals surface area contributed by atoms with Crippen molar-refractivity contribution in [3.05, 3.63) is 101 Å². The number of nitrogens with zero attached hydrogens (tertiary/aromatic N) is 2. The summed E-state index contributed by atoms with van der Waals surface area (Å²) in [6.07, 6.45) is 0.908. The molecule has 0 bridgehead atoms. The highest BCUT2D eigenvalue weighted by Gasteiger charge is 2.30. The summed E-state index contributed by atoms with van der Waals surface area (Å²) in [4.78, 5) is 17.1. The van der Waals surface area contributed by atoms with Crippen molar-refractivity contribution < 1.29 is 23.7 Å². The number of halogens is 2. The zero-order valence-electron chi connectivity index (χ0n) is 21.4. The van der Waals surface area contributed by atoms with E-state index in [1.807, 2.05) is 53.4 Å². The van der Waals surface area contributed by atoms with Gasteiger partial charge in [0, 0.05) is 42.5 Å². The maximum atomic E-state index is 12.9. The van der Waals surface area contributed by atoms with Crippen LogP contribution in [0.2, 0.25) is 10.0 Å². The maximum absolute atomic E-state index is 12.9. The van der Waals surface area contributed by atoms with Crippen LogP contribution < -0.4 is 14.4 Å².